The first-order chi connectivity index (χ1) is 12.3. The summed E-state index contributed by atoms with van der Waals surface area (Å²) in [4.78, 5) is 12.0. The van der Waals surface area contributed by atoms with Gasteiger partial charge in [0.1, 0.15) is 11.5 Å². The summed E-state index contributed by atoms with van der Waals surface area (Å²) in [6.07, 6.45) is 0. The van der Waals surface area contributed by atoms with E-state index in [9.17, 15) is 13.2 Å². The molecule has 0 bridgehead atoms. The van der Waals surface area contributed by atoms with Crippen LogP contribution in [0.4, 0.5) is 5.69 Å². The number of methoxy groups -OCH3 is 2. The van der Waals surface area contributed by atoms with Gasteiger partial charge in [0.2, 0.25) is 15.9 Å². The molecule has 0 saturated heterocycles. The molecule has 9 heteroatoms. The number of hydrogen-bond donors (Lipinski definition) is 2. The standard InChI is InChI=1S/C17H19BrN2O5S/c1-24-14-7-8-15(16(9-14)25-2)20-17(21)10-19-26(22,23)11-12-3-5-13(18)6-4-12/h3-9,19H,10-11H2,1-2H3,(H,20,21). The number of carbonyl (C=O) groups is 1. The monoisotopic (exact) mass is 442 g/mol. The Bertz CT molecular complexity index is 869. The molecule has 0 aromatic heterocycles. The van der Waals surface area contributed by atoms with Gasteiger partial charge in [-0.15, -0.1) is 0 Å². The number of rotatable bonds is 8. The van der Waals surface area contributed by atoms with E-state index in [1.54, 1.807) is 42.5 Å². The van der Waals surface area contributed by atoms with Crippen LogP contribution in [-0.2, 0) is 20.6 Å². The van der Waals surface area contributed by atoms with Crippen molar-refractivity contribution in [2.24, 2.45) is 0 Å². The van der Waals surface area contributed by atoms with E-state index >= 15 is 0 Å². The maximum atomic E-state index is 12.1. The lowest BCUT2D eigenvalue weighted by Crippen LogP contribution is -2.33. The number of carbonyl (C=O) groups excluding carboxylic acids is 1. The summed E-state index contributed by atoms with van der Waals surface area (Å²) in [6, 6.07) is 11.8. The van der Waals surface area contributed by atoms with Gasteiger partial charge in [-0.2, -0.15) is 0 Å². The van der Waals surface area contributed by atoms with Crippen molar-refractivity contribution >= 4 is 37.5 Å². The Balaban J connectivity index is 1.94. The van der Waals surface area contributed by atoms with Crippen LogP contribution in [0, 0.1) is 0 Å². The topological polar surface area (TPSA) is 93.7 Å². The number of sulfonamides is 1. The van der Waals surface area contributed by atoms with Crippen LogP contribution in [-0.4, -0.2) is 35.1 Å². The van der Waals surface area contributed by atoms with Crippen molar-refractivity contribution in [1.29, 1.82) is 0 Å². The second kappa shape index (κ2) is 9.02. The van der Waals surface area contributed by atoms with Crippen LogP contribution in [0.2, 0.25) is 0 Å². The fourth-order valence-electron chi connectivity index (χ4n) is 2.12. The molecule has 0 heterocycles. The van der Waals surface area contributed by atoms with Crippen molar-refractivity contribution in [2.75, 3.05) is 26.1 Å². The molecule has 0 spiro atoms. The second-order valence-corrected chi connectivity index (χ2v) is 8.04. The molecule has 0 saturated carbocycles. The largest absolute Gasteiger partial charge is 0.497 e. The Morgan fingerprint density at radius 3 is 2.38 bits per heavy atom. The quantitative estimate of drug-likeness (QED) is 0.654. The zero-order valence-corrected chi connectivity index (χ0v) is 16.7. The van der Waals surface area contributed by atoms with Crippen molar-refractivity contribution in [2.45, 2.75) is 5.75 Å². The number of halogens is 1. The Labute approximate surface area is 160 Å². The van der Waals surface area contributed by atoms with Gasteiger partial charge in [0, 0.05) is 10.5 Å². The van der Waals surface area contributed by atoms with Crippen molar-refractivity contribution in [3.63, 3.8) is 0 Å². The highest BCUT2D eigenvalue weighted by molar-refractivity contribution is 9.10. The molecule has 2 N–H and O–H groups in total. The fourth-order valence-corrected chi connectivity index (χ4v) is 3.47. The van der Waals surface area contributed by atoms with Gasteiger partial charge in [-0.1, -0.05) is 28.1 Å². The lowest BCUT2D eigenvalue weighted by Gasteiger charge is -2.12. The van der Waals surface area contributed by atoms with E-state index in [0.29, 0.717) is 22.7 Å². The Morgan fingerprint density at radius 1 is 1.08 bits per heavy atom. The van der Waals surface area contributed by atoms with Gasteiger partial charge in [-0.25, -0.2) is 13.1 Å². The number of ether oxygens (including phenoxy) is 2. The smallest absolute Gasteiger partial charge is 0.239 e. The van der Waals surface area contributed by atoms with Gasteiger partial charge in [-0.05, 0) is 29.8 Å². The third-order valence-electron chi connectivity index (χ3n) is 3.41. The van der Waals surface area contributed by atoms with Gasteiger partial charge >= 0.3 is 0 Å². The fraction of sp³-hybridized carbons (Fsp3) is 0.235. The maximum absolute atomic E-state index is 12.1. The molecule has 0 aliphatic heterocycles. The van der Waals surface area contributed by atoms with Crippen LogP contribution < -0.4 is 19.5 Å². The highest BCUT2D eigenvalue weighted by Crippen LogP contribution is 2.28. The minimum absolute atomic E-state index is 0.209. The number of hydrogen-bond acceptors (Lipinski definition) is 5. The SMILES string of the molecule is COc1ccc(NC(=O)CNS(=O)(=O)Cc2ccc(Br)cc2)c(OC)c1. The molecule has 0 unspecified atom stereocenters. The summed E-state index contributed by atoms with van der Waals surface area (Å²) >= 11 is 3.29. The molecule has 140 valence electrons. The number of anilines is 1. The molecule has 0 radical (unpaired) electrons. The van der Waals surface area contributed by atoms with Gasteiger partial charge in [0.25, 0.3) is 0 Å². The molecular formula is C17H19BrN2O5S. The number of nitrogens with one attached hydrogen (secondary N) is 2. The Kier molecular flexibility index (Phi) is 7.01. The predicted octanol–water partition coefficient (Wildman–Crippen LogP) is 2.52. The number of amides is 1. The average Bonchev–Trinajstić information content (AvgIpc) is 2.62. The molecule has 0 aliphatic rings. The van der Waals surface area contributed by atoms with Crippen LogP contribution in [0.15, 0.2) is 46.9 Å². The lowest BCUT2D eigenvalue weighted by atomic mass is 10.2. The summed E-state index contributed by atoms with van der Waals surface area (Å²) in [5.41, 5.74) is 1.04. The maximum Gasteiger partial charge on any atom is 0.239 e. The minimum atomic E-state index is -3.64. The zero-order valence-electron chi connectivity index (χ0n) is 14.3. The molecular weight excluding hydrogens is 424 g/mol. The molecule has 0 fully saturated rings. The molecule has 2 aromatic rings. The van der Waals surface area contributed by atoms with Gasteiger partial charge in [0.05, 0.1) is 32.2 Å². The molecule has 1 amide bonds. The van der Waals surface area contributed by atoms with Crippen LogP contribution >= 0.6 is 15.9 Å². The first-order valence-electron chi connectivity index (χ1n) is 7.56. The van der Waals surface area contributed by atoms with Crippen molar-refractivity contribution < 1.29 is 22.7 Å². The van der Waals surface area contributed by atoms with Crippen LogP contribution in [0.25, 0.3) is 0 Å². The van der Waals surface area contributed by atoms with Gasteiger partial charge in [0.15, 0.2) is 0 Å². The van der Waals surface area contributed by atoms with E-state index in [2.05, 4.69) is 26.0 Å². The molecule has 26 heavy (non-hydrogen) atoms. The second-order valence-electron chi connectivity index (χ2n) is 5.32. The first-order valence-corrected chi connectivity index (χ1v) is 10.0. The molecule has 0 aliphatic carbocycles. The van der Waals surface area contributed by atoms with E-state index in [-0.39, 0.29) is 12.3 Å². The van der Waals surface area contributed by atoms with Crippen molar-refractivity contribution in [1.82, 2.24) is 4.72 Å². The van der Waals surface area contributed by atoms with Gasteiger partial charge in [-0.3, -0.25) is 4.79 Å². The van der Waals surface area contributed by atoms with Crippen LogP contribution in [0.5, 0.6) is 11.5 Å². The minimum Gasteiger partial charge on any atom is -0.497 e. The van der Waals surface area contributed by atoms with Gasteiger partial charge < -0.3 is 14.8 Å². The molecule has 0 atom stereocenters. The number of benzene rings is 2. The average molecular weight is 443 g/mol. The van der Waals surface area contributed by atoms with E-state index in [1.165, 1.54) is 14.2 Å². The van der Waals surface area contributed by atoms with E-state index in [4.69, 9.17) is 9.47 Å². The van der Waals surface area contributed by atoms with Crippen molar-refractivity contribution in [3.05, 3.63) is 52.5 Å². The summed E-state index contributed by atoms with van der Waals surface area (Å²) in [5.74, 6) is 0.276. The summed E-state index contributed by atoms with van der Waals surface area (Å²) in [6.45, 7) is -0.381. The molecule has 2 aromatic carbocycles. The van der Waals surface area contributed by atoms with Crippen molar-refractivity contribution in [3.8, 4) is 11.5 Å². The molecule has 7 nitrogen and oxygen atoms in total. The zero-order chi connectivity index (χ0) is 19.2. The summed E-state index contributed by atoms with van der Waals surface area (Å²) < 4.78 is 37.6. The molecule has 2 rings (SSSR count). The Hall–Kier alpha value is -2.10. The first kappa shape index (κ1) is 20.2. The van der Waals surface area contributed by atoms with E-state index < -0.39 is 15.9 Å². The highest BCUT2D eigenvalue weighted by Gasteiger charge is 2.15. The Morgan fingerprint density at radius 2 is 1.77 bits per heavy atom. The summed E-state index contributed by atoms with van der Waals surface area (Å²) in [7, 11) is -0.654. The van der Waals surface area contributed by atoms with E-state index in [1.807, 2.05) is 0 Å². The predicted molar refractivity (Wildman–Crippen MR) is 103 cm³/mol. The normalized spacial score (nSPS) is 11.0. The summed E-state index contributed by atoms with van der Waals surface area (Å²) in [5, 5.41) is 2.60. The third kappa shape index (κ3) is 6.01. The van der Waals surface area contributed by atoms with Crippen LogP contribution in [0.3, 0.4) is 0 Å². The van der Waals surface area contributed by atoms with E-state index in [0.717, 1.165) is 4.47 Å². The van der Waals surface area contributed by atoms with Crippen LogP contribution in [0.1, 0.15) is 5.56 Å². The lowest BCUT2D eigenvalue weighted by molar-refractivity contribution is -0.115. The third-order valence-corrected chi connectivity index (χ3v) is 5.23. The highest BCUT2D eigenvalue weighted by atomic mass is 79.9.